The number of benzene rings is 2. The van der Waals surface area contributed by atoms with Gasteiger partial charge in [0.25, 0.3) is 0 Å². The molecule has 1 fully saturated rings. The molecule has 3 aromatic rings. The Morgan fingerprint density at radius 1 is 0.909 bits per heavy atom. The van der Waals surface area contributed by atoms with Gasteiger partial charge in [-0.25, -0.2) is 4.98 Å². The van der Waals surface area contributed by atoms with Crippen LogP contribution < -0.4 is 14.2 Å². The van der Waals surface area contributed by atoms with Crippen LogP contribution in [0.25, 0.3) is 0 Å². The van der Waals surface area contributed by atoms with Crippen LogP contribution in [0.5, 0.6) is 17.4 Å². The quantitative estimate of drug-likeness (QED) is 0.483. The van der Waals surface area contributed by atoms with E-state index in [1.807, 2.05) is 67.6 Å². The number of nitrogens with zero attached hydrogens (tertiary/aromatic N) is 1. The van der Waals surface area contributed by atoms with E-state index in [1.165, 1.54) is 0 Å². The minimum Gasteiger partial charge on any atom is -0.494 e. The van der Waals surface area contributed by atoms with Crippen LogP contribution in [0.15, 0.2) is 66.7 Å². The first-order valence-electron chi connectivity index (χ1n) is 11.0. The normalized spacial score (nSPS) is 15.2. The number of aromatic nitrogens is 1. The van der Waals surface area contributed by atoms with Gasteiger partial charge in [-0.1, -0.05) is 36.3 Å². The molecule has 6 heteroatoms. The third kappa shape index (κ3) is 7.25. The molecule has 6 nitrogen and oxygen atoms in total. The first-order chi connectivity index (χ1) is 16.3. The summed E-state index contributed by atoms with van der Waals surface area (Å²) in [5.41, 5.74) is 2.50. The highest BCUT2D eigenvalue weighted by atomic mass is 16.6. The van der Waals surface area contributed by atoms with Crippen LogP contribution >= 0.6 is 0 Å². The summed E-state index contributed by atoms with van der Waals surface area (Å²) in [6, 6.07) is 21.2. The zero-order valence-electron chi connectivity index (χ0n) is 18.7. The molecule has 170 valence electrons. The van der Waals surface area contributed by atoms with Crippen molar-refractivity contribution in [2.24, 2.45) is 0 Å². The van der Waals surface area contributed by atoms with Crippen molar-refractivity contribution < 1.29 is 23.7 Å². The summed E-state index contributed by atoms with van der Waals surface area (Å²) in [7, 11) is 0. The van der Waals surface area contributed by atoms with Crippen molar-refractivity contribution in [1.82, 2.24) is 4.98 Å². The Labute approximate surface area is 194 Å². The Bertz CT molecular complexity index is 1070. The lowest BCUT2D eigenvalue weighted by molar-refractivity contribution is -0.102. The van der Waals surface area contributed by atoms with Gasteiger partial charge >= 0.3 is 0 Å². The Morgan fingerprint density at radius 2 is 1.76 bits per heavy atom. The van der Waals surface area contributed by atoms with Crippen molar-refractivity contribution in [3.8, 4) is 29.2 Å². The predicted octanol–water partition coefficient (Wildman–Crippen LogP) is 4.25. The van der Waals surface area contributed by atoms with E-state index >= 15 is 0 Å². The second kappa shape index (κ2) is 11.9. The molecule has 1 aliphatic rings. The van der Waals surface area contributed by atoms with Crippen LogP contribution in [0.1, 0.15) is 23.7 Å². The SMILES string of the molecule is CCOc1ccc(C#Cc2cc(OCc3ccccc3)cc(OC[C@@H]3COCCO3)n2)cc1. The second-order valence-corrected chi connectivity index (χ2v) is 7.39. The van der Waals surface area contributed by atoms with Gasteiger partial charge in [0.2, 0.25) is 5.88 Å². The lowest BCUT2D eigenvalue weighted by Crippen LogP contribution is -2.33. The molecule has 1 aromatic heterocycles. The number of pyridine rings is 1. The highest BCUT2D eigenvalue weighted by molar-refractivity contribution is 5.45. The molecule has 0 spiro atoms. The summed E-state index contributed by atoms with van der Waals surface area (Å²) < 4.78 is 28.5. The van der Waals surface area contributed by atoms with Gasteiger partial charge in [0.15, 0.2) is 0 Å². The van der Waals surface area contributed by atoms with Gasteiger partial charge in [0.1, 0.15) is 36.5 Å². The fourth-order valence-corrected chi connectivity index (χ4v) is 3.19. The maximum absolute atomic E-state index is 6.00. The predicted molar refractivity (Wildman–Crippen MR) is 125 cm³/mol. The molecule has 0 aliphatic carbocycles. The molecule has 0 unspecified atom stereocenters. The van der Waals surface area contributed by atoms with Gasteiger partial charge in [-0.3, -0.25) is 0 Å². The summed E-state index contributed by atoms with van der Waals surface area (Å²) in [4.78, 5) is 4.54. The first-order valence-corrected chi connectivity index (χ1v) is 11.0. The number of rotatable bonds is 8. The highest BCUT2D eigenvalue weighted by Gasteiger charge is 2.16. The van der Waals surface area contributed by atoms with Gasteiger partial charge in [0.05, 0.1) is 26.4 Å². The fourth-order valence-electron chi connectivity index (χ4n) is 3.19. The molecular formula is C27H27NO5. The minimum absolute atomic E-state index is 0.118. The van der Waals surface area contributed by atoms with E-state index in [0.29, 0.717) is 57.0 Å². The number of hydrogen-bond donors (Lipinski definition) is 0. The topological polar surface area (TPSA) is 59.0 Å². The first kappa shape index (κ1) is 22.7. The zero-order valence-corrected chi connectivity index (χ0v) is 18.7. The van der Waals surface area contributed by atoms with Gasteiger partial charge in [-0.2, -0.15) is 0 Å². The lowest BCUT2D eigenvalue weighted by Gasteiger charge is -2.22. The van der Waals surface area contributed by atoms with E-state index in [1.54, 1.807) is 6.07 Å². The minimum atomic E-state index is -0.118. The molecule has 1 atom stereocenters. The van der Waals surface area contributed by atoms with E-state index < -0.39 is 0 Å². The molecule has 0 bridgehead atoms. The van der Waals surface area contributed by atoms with Gasteiger partial charge in [-0.15, -0.1) is 0 Å². The number of ether oxygens (including phenoxy) is 5. The van der Waals surface area contributed by atoms with Crippen LogP contribution in [-0.4, -0.2) is 44.1 Å². The van der Waals surface area contributed by atoms with Crippen LogP contribution in [0.2, 0.25) is 0 Å². The second-order valence-electron chi connectivity index (χ2n) is 7.39. The zero-order chi connectivity index (χ0) is 22.7. The molecule has 0 amide bonds. The van der Waals surface area contributed by atoms with Crippen molar-refractivity contribution in [1.29, 1.82) is 0 Å². The summed E-state index contributed by atoms with van der Waals surface area (Å²) >= 11 is 0. The van der Waals surface area contributed by atoms with Gasteiger partial charge in [0, 0.05) is 17.7 Å². The van der Waals surface area contributed by atoms with Crippen molar-refractivity contribution >= 4 is 0 Å². The van der Waals surface area contributed by atoms with Crippen LogP contribution in [0, 0.1) is 11.8 Å². The van der Waals surface area contributed by atoms with E-state index in [9.17, 15) is 0 Å². The number of hydrogen-bond acceptors (Lipinski definition) is 6. The van der Waals surface area contributed by atoms with Crippen molar-refractivity contribution in [3.63, 3.8) is 0 Å². The molecule has 1 aliphatic heterocycles. The summed E-state index contributed by atoms with van der Waals surface area (Å²) in [5.74, 6) is 8.15. The van der Waals surface area contributed by atoms with Crippen LogP contribution in [0.3, 0.4) is 0 Å². The molecule has 33 heavy (non-hydrogen) atoms. The fraction of sp³-hybridized carbons (Fsp3) is 0.296. The van der Waals surface area contributed by atoms with E-state index in [-0.39, 0.29) is 6.10 Å². The molecule has 0 N–H and O–H groups in total. The Hall–Kier alpha value is -3.53. The standard InChI is InChI=1S/C27H27NO5/c1-2-30-24-12-9-21(10-13-24)8-11-23-16-25(32-18-22-6-4-3-5-7-22)17-27(28-23)33-20-26-19-29-14-15-31-26/h3-7,9-10,12-13,16-17,26H,2,14-15,18-20H2,1H3/t26-/m0/s1. The Kier molecular flexibility index (Phi) is 8.18. The van der Waals surface area contributed by atoms with Crippen molar-refractivity contribution in [2.75, 3.05) is 33.0 Å². The summed E-state index contributed by atoms with van der Waals surface area (Å²) in [6.45, 7) is 5.07. The van der Waals surface area contributed by atoms with Crippen LogP contribution in [-0.2, 0) is 16.1 Å². The van der Waals surface area contributed by atoms with Gasteiger partial charge < -0.3 is 23.7 Å². The largest absolute Gasteiger partial charge is 0.494 e. The summed E-state index contributed by atoms with van der Waals surface area (Å²) in [5, 5.41) is 0. The van der Waals surface area contributed by atoms with E-state index in [2.05, 4.69) is 16.8 Å². The Morgan fingerprint density at radius 3 is 2.52 bits per heavy atom. The maximum Gasteiger partial charge on any atom is 0.218 e. The third-order valence-electron chi connectivity index (χ3n) is 4.83. The summed E-state index contributed by atoms with van der Waals surface area (Å²) in [6.07, 6.45) is -0.118. The van der Waals surface area contributed by atoms with Crippen molar-refractivity contribution in [3.05, 3.63) is 83.6 Å². The highest BCUT2D eigenvalue weighted by Crippen LogP contribution is 2.21. The molecule has 4 rings (SSSR count). The smallest absolute Gasteiger partial charge is 0.218 e. The Balaban J connectivity index is 1.50. The molecule has 2 aromatic carbocycles. The monoisotopic (exact) mass is 445 g/mol. The maximum atomic E-state index is 6.00. The molecule has 0 radical (unpaired) electrons. The van der Waals surface area contributed by atoms with E-state index in [4.69, 9.17) is 23.7 Å². The molecule has 0 saturated carbocycles. The van der Waals surface area contributed by atoms with E-state index in [0.717, 1.165) is 16.9 Å². The average Bonchev–Trinajstić information content (AvgIpc) is 2.87. The lowest BCUT2D eigenvalue weighted by atomic mass is 10.2. The van der Waals surface area contributed by atoms with Crippen molar-refractivity contribution in [2.45, 2.75) is 19.6 Å². The average molecular weight is 446 g/mol. The molecule has 1 saturated heterocycles. The molecule has 2 heterocycles. The van der Waals surface area contributed by atoms with Gasteiger partial charge in [-0.05, 0) is 42.7 Å². The molecular weight excluding hydrogens is 418 g/mol. The third-order valence-corrected chi connectivity index (χ3v) is 4.83. The van der Waals surface area contributed by atoms with Crippen LogP contribution in [0.4, 0.5) is 0 Å².